The van der Waals surface area contributed by atoms with E-state index in [1.807, 2.05) is 47.8 Å². The van der Waals surface area contributed by atoms with Gasteiger partial charge in [-0.05, 0) is 34.7 Å². The molecule has 0 aliphatic heterocycles. The maximum atomic E-state index is 11.9. The first kappa shape index (κ1) is 12.6. The van der Waals surface area contributed by atoms with Crippen LogP contribution in [0.4, 0.5) is 0 Å². The molecule has 3 heteroatoms. The number of hydrogen-bond acceptors (Lipinski definition) is 3. The van der Waals surface area contributed by atoms with Crippen LogP contribution in [0.2, 0.25) is 0 Å². The summed E-state index contributed by atoms with van der Waals surface area (Å²) in [6.07, 6.45) is 0. The van der Waals surface area contributed by atoms with E-state index in [2.05, 4.69) is 0 Å². The minimum atomic E-state index is -0.331. The molecule has 0 N–H and O–H groups in total. The zero-order chi connectivity index (χ0) is 13.8. The van der Waals surface area contributed by atoms with Gasteiger partial charge in [0, 0.05) is 5.38 Å². The molecule has 0 unspecified atom stereocenters. The highest BCUT2D eigenvalue weighted by Gasteiger charge is 2.08. The standard InChI is InChI=1S/C17H12O2S/c18-17(19-16-10-11-20-12-16)15-8-6-14(7-9-15)13-4-2-1-3-5-13/h1-12H. The van der Waals surface area contributed by atoms with Crippen LogP contribution in [-0.4, -0.2) is 5.97 Å². The zero-order valence-corrected chi connectivity index (χ0v) is 11.5. The Morgan fingerprint density at radius 2 is 1.55 bits per heavy atom. The summed E-state index contributed by atoms with van der Waals surface area (Å²) in [5, 5.41) is 3.68. The van der Waals surface area contributed by atoms with Crippen LogP contribution in [-0.2, 0) is 0 Å². The van der Waals surface area contributed by atoms with Crippen molar-refractivity contribution in [3.63, 3.8) is 0 Å². The second kappa shape index (κ2) is 5.72. The van der Waals surface area contributed by atoms with Gasteiger partial charge in [0.2, 0.25) is 0 Å². The van der Waals surface area contributed by atoms with Crippen molar-refractivity contribution in [2.45, 2.75) is 0 Å². The van der Waals surface area contributed by atoms with E-state index < -0.39 is 0 Å². The quantitative estimate of drug-likeness (QED) is 0.654. The predicted molar refractivity (Wildman–Crippen MR) is 81.2 cm³/mol. The van der Waals surface area contributed by atoms with Crippen LogP contribution >= 0.6 is 11.3 Å². The van der Waals surface area contributed by atoms with Crippen molar-refractivity contribution < 1.29 is 9.53 Å². The molecule has 0 atom stereocenters. The summed E-state index contributed by atoms with van der Waals surface area (Å²) in [5.41, 5.74) is 2.76. The Kier molecular flexibility index (Phi) is 3.61. The number of esters is 1. The molecule has 20 heavy (non-hydrogen) atoms. The first-order valence-electron chi connectivity index (χ1n) is 6.23. The summed E-state index contributed by atoms with van der Waals surface area (Å²) < 4.78 is 5.26. The highest BCUT2D eigenvalue weighted by Crippen LogP contribution is 2.21. The molecule has 98 valence electrons. The van der Waals surface area contributed by atoms with Gasteiger partial charge in [-0.15, -0.1) is 11.3 Å². The van der Waals surface area contributed by atoms with Crippen LogP contribution in [0.1, 0.15) is 10.4 Å². The number of carbonyl (C=O) groups is 1. The Labute approximate surface area is 121 Å². The molecule has 0 fully saturated rings. The minimum Gasteiger partial charge on any atom is -0.422 e. The molecule has 0 aliphatic rings. The van der Waals surface area contributed by atoms with E-state index in [1.165, 1.54) is 11.3 Å². The fraction of sp³-hybridized carbons (Fsp3) is 0. The van der Waals surface area contributed by atoms with Gasteiger partial charge in [0.1, 0.15) is 5.75 Å². The fourth-order valence-electron chi connectivity index (χ4n) is 1.91. The van der Waals surface area contributed by atoms with E-state index in [-0.39, 0.29) is 5.97 Å². The van der Waals surface area contributed by atoms with Crippen LogP contribution < -0.4 is 4.74 Å². The Morgan fingerprint density at radius 1 is 0.850 bits per heavy atom. The van der Waals surface area contributed by atoms with E-state index >= 15 is 0 Å². The number of carbonyl (C=O) groups excluding carboxylic acids is 1. The lowest BCUT2D eigenvalue weighted by Gasteiger charge is -2.04. The molecule has 0 aliphatic carbocycles. The zero-order valence-electron chi connectivity index (χ0n) is 10.7. The van der Waals surface area contributed by atoms with E-state index in [1.54, 1.807) is 23.6 Å². The Morgan fingerprint density at radius 3 is 2.20 bits per heavy atom. The summed E-state index contributed by atoms with van der Waals surface area (Å²) in [6.45, 7) is 0. The van der Waals surface area contributed by atoms with Gasteiger partial charge in [0.05, 0.1) is 5.56 Å². The average Bonchev–Trinajstić information content (AvgIpc) is 3.01. The van der Waals surface area contributed by atoms with Gasteiger partial charge in [-0.1, -0.05) is 42.5 Å². The molecule has 0 amide bonds. The molecule has 0 radical (unpaired) electrons. The molecule has 2 nitrogen and oxygen atoms in total. The lowest BCUT2D eigenvalue weighted by atomic mass is 10.0. The number of rotatable bonds is 3. The van der Waals surface area contributed by atoms with Crippen molar-refractivity contribution in [1.29, 1.82) is 0 Å². The molecular formula is C17H12O2S. The number of ether oxygens (including phenoxy) is 1. The van der Waals surface area contributed by atoms with Crippen LogP contribution in [0.15, 0.2) is 71.4 Å². The molecule has 3 rings (SSSR count). The van der Waals surface area contributed by atoms with Crippen LogP contribution in [0.5, 0.6) is 5.75 Å². The SMILES string of the molecule is O=C(Oc1ccsc1)c1ccc(-c2ccccc2)cc1. The lowest BCUT2D eigenvalue weighted by Crippen LogP contribution is -2.07. The Hall–Kier alpha value is -2.39. The topological polar surface area (TPSA) is 26.3 Å². The van der Waals surface area contributed by atoms with E-state index in [0.29, 0.717) is 11.3 Å². The molecule has 0 bridgehead atoms. The van der Waals surface area contributed by atoms with Crippen molar-refractivity contribution in [1.82, 2.24) is 0 Å². The summed E-state index contributed by atoms with van der Waals surface area (Å²) in [5.74, 6) is 0.259. The highest BCUT2D eigenvalue weighted by molar-refractivity contribution is 7.08. The number of thiophene rings is 1. The first-order valence-corrected chi connectivity index (χ1v) is 7.17. The molecule has 3 aromatic rings. The predicted octanol–water partition coefficient (Wildman–Crippen LogP) is 4.63. The van der Waals surface area contributed by atoms with Crippen molar-refractivity contribution in [2.24, 2.45) is 0 Å². The second-order valence-electron chi connectivity index (χ2n) is 4.29. The van der Waals surface area contributed by atoms with Gasteiger partial charge in [-0.3, -0.25) is 0 Å². The smallest absolute Gasteiger partial charge is 0.343 e. The van der Waals surface area contributed by atoms with Crippen LogP contribution in [0, 0.1) is 0 Å². The van der Waals surface area contributed by atoms with Crippen molar-refractivity contribution in [2.75, 3.05) is 0 Å². The summed E-state index contributed by atoms with van der Waals surface area (Å²) in [4.78, 5) is 11.9. The third-order valence-electron chi connectivity index (χ3n) is 2.93. The van der Waals surface area contributed by atoms with Crippen LogP contribution in [0.25, 0.3) is 11.1 Å². The van der Waals surface area contributed by atoms with Crippen molar-refractivity contribution in [3.05, 3.63) is 77.0 Å². The van der Waals surface area contributed by atoms with Gasteiger partial charge in [-0.25, -0.2) is 4.79 Å². The molecule has 0 spiro atoms. The maximum Gasteiger partial charge on any atom is 0.343 e. The highest BCUT2D eigenvalue weighted by atomic mass is 32.1. The fourth-order valence-corrected chi connectivity index (χ4v) is 2.46. The normalized spacial score (nSPS) is 10.2. The first-order chi connectivity index (χ1) is 9.83. The molecule has 2 aromatic carbocycles. The van der Waals surface area contributed by atoms with Gasteiger partial charge in [0.25, 0.3) is 0 Å². The van der Waals surface area contributed by atoms with E-state index in [4.69, 9.17) is 4.74 Å². The summed E-state index contributed by atoms with van der Waals surface area (Å²) >= 11 is 1.50. The third-order valence-corrected chi connectivity index (χ3v) is 3.59. The average molecular weight is 280 g/mol. The minimum absolute atomic E-state index is 0.331. The molecule has 1 heterocycles. The Balaban J connectivity index is 1.78. The Bertz CT molecular complexity index is 686. The van der Waals surface area contributed by atoms with Crippen molar-refractivity contribution in [3.8, 4) is 16.9 Å². The van der Waals surface area contributed by atoms with Crippen molar-refractivity contribution >= 4 is 17.3 Å². The second-order valence-corrected chi connectivity index (χ2v) is 5.07. The largest absolute Gasteiger partial charge is 0.422 e. The number of hydrogen-bond donors (Lipinski definition) is 0. The molecular weight excluding hydrogens is 268 g/mol. The molecule has 0 saturated carbocycles. The molecule has 0 saturated heterocycles. The van der Waals surface area contributed by atoms with Gasteiger partial charge >= 0.3 is 5.97 Å². The molecule has 1 aromatic heterocycles. The van der Waals surface area contributed by atoms with Gasteiger partial charge < -0.3 is 4.74 Å². The monoisotopic (exact) mass is 280 g/mol. The van der Waals surface area contributed by atoms with E-state index in [0.717, 1.165) is 11.1 Å². The number of benzene rings is 2. The lowest BCUT2D eigenvalue weighted by molar-refractivity contribution is 0.0735. The van der Waals surface area contributed by atoms with Crippen LogP contribution in [0.3, 0.4) is 0 Å². The third kappa shape index (κ3) is 2.78. The van der Waals surface area contributed by atoms with Gasteiger partial charge in [-0.2, -0.15) is 0 Å². The maximum absolute atomic E-state index is 11.9. The van der Waals surface area contributed by atoms with E-state index in [9.17, 15) is 4.79 Å². The summed E-state index contributed by atoms with van der Waals surface area (Å²) in [6, 6.07) is 19.3. The van der Waals surface area contributed by atoms with Gasteiger partial charge in [0.15, 0.2) is 0 Å². The summed E-state index contributed by atoms with van der Waals surface area (Å²) in [7, 11) is 0.